The standard InChI is InChI=1S/C13H18N2O3/c1-15-7-5-10(6-8-15)18-11-3-4-12(14-16)13(9-11)17-2/h3-4,9-10H,5-8H2,1-2H3. The first kappa shape index (κ1) is 12.8. The number of nitroso groups, excluding NO2 is 1. The number of likely N-dealkylation sites (tertiary alicyclic amines) is 1. The van der Waals surface area contributed by atoms with Crippen LogP contribution in [-0.2, 0) is 0 Å². The Bertz CT molecular complexity index is 415. The minimum atomic E-state index is 0.237. The molecule has 0 aromatic heterocycles. The smallest absolute Gasteiger partial charge is 0.151 e. The van der Waals surface area contributed by atoms with Gasteiger partial charge >= 0.3 is 0 Å². The molecule has 98 valence electrons. The molecule has 1 fully saturated rings. The summed E-state index contributed by atoms with van der Waals surface area (Å²) in [5.74, 6) is 1.18. The summed E-state index contributed by atoms with van der Waals surface area (Å²) in [4.78, 5) is 12.8. The van der Waals surface area contributed by atoms with Crippen molar-refractivity contribution in [1.29, 1.82) is 0 Å². The Kier molecular flexibility index (Phi) is 4.15. The van der Waals surface area contributed by atoms with Gasteiger partial charge in [-0.3, -0.25) is 0 Å². The van der Waals surface area contributed by atoms with Gasteiger partial charge in [-0.15, -0.1) is 4.91 Å². The van der Waals surface area contributed by atoms with Crippen LogP contribution in [0.4, 0.5) is 5.69 Å². The summed E-state index contributed by atoms with van der Waals surface area (Å²) in [6.45, 7) is 2.10. The van der Waals surface area contributed by atoms with E-state index in [2.05, 4.69) is 17.1 Å². The third-order valence-electron chi connectivity index (χ3n) is 3.22. The number of ether oxygens (including phenoxy) is 2. The van der Waals surface area contributed by atoms with E-state index in [4.69, 9.17) is 9.47 Å². The lowest BCUT2D eigenvalue weighted by molar-refractivity contribution is 0.114. The van der Waals surface area contributed by atoms with Crippen molar-refractivity contribution in [3.05, 3.63) is 23.1 Å². The predicted molar refractivity (Wildman–Crippen MR) is 69.6 cm³/mol. The first-order chi connectivity index (χ1) is 8.72. The molecule has 0 unspecified atom stereocenters. The molecule has 1 heterocycles. The van der Waals surface area contributed by atoms with Crippen molar-refractivity contribution in [2.24, 2.45) is 5.18 Å². The Labute approximate surface area is 107 Å². The van der Waals surface area contributed by atoms with Crippen molar-refractivity contribution >= 4 is 5.69 Å². The Morgan fingerprint density at radius 1 is 1.33 bits per heavy atom. The lowest BCUT2D eigenvalue weighted by atomic mass is 10.1. The quantitative estimate of drug-likeness (QED) is 0.771. The van der Waals surface area contributed by atoms with Crippen molar-refractivity contribution in [3.63, 3.8) is 0 Å². The zero-order chi connectivity index (χ0) is 13.0. The summed E-state index contributed by atoms with van der Waals surface area (Å²) >= 11 is 0. The van der Waals surface area contributed by atoms with Gasteiger partial charge in [0.05, 0.1) is 7.11 Å². The molecule has 1 aliphatic rings. The summed E-state index contributed by atoms with van der Waals surface area (Å²) in [5.41, 5.74) is 0.299. The van der Waals surface area contributed by atoms with Gasteiger partial charge in [-0.1, -0.05) is 0 Å². The van der Waals surface area contributed by atoms with Crippen LogP contribution in [0.1, 0.15) is 12.8 Å². The molecule has 0 bridgehead atoms. The normalized spacial score (nSPS) is 17.4. The second kappa shape index (κ2) is 5.82. The van der Waals surface area contributed by atoms with Crippen LogP contribution < -0.4 is 9.47 Å². The number of hydrogen-bond donors (Lipinski definition) is 0. The second-order valence-electron chi connectivity index (χ2n) is 4.55. The molecule has 18 heavy (non-hydrogen) atoms. The van der Waals surface area contributed by atoms with Gasteiger partial charge in [0.25, 0.3) is 0 Å². The summed E-state index contributed by atoms with van der Waals surface area (Å²) < 4.78 is 11.0. The molecule has 1 aliphatic heterocycles. The van der Waals surface area contributed by atoms with Gasteiger partial charge in [-0.2, -0.15) is 0 Å². The van der Waals surface area contributed by atoms with Gasteiger partial charge in [-0.25, -0.2) is 0 Å². The van der Waals surface area contributed by atoms with E-state index in [0.29, 0.717) is 11.4 Å². The number of rotatable bonds is 4. The fourth-order valence-electron chi connectivity index (χ4n) is 2.10. The van der Waals surface area contributed by atoms with Crippen LogP contribution in [0.5, 0.6) is 11.5 Å². The molecule has 5 heteroatoms. The first-order valence-electron chi connectivity index (χ1n) is 6.09. The fraction of sp³-hybridized carbons (Fsp3) is 0.538. The zero-order valence-corrected chi connectivity index (χ0v) is 10.8. The third-order valence-corrected chi connectivity index (χ3v) is 3.22. The van der Waals surface area contributed by atoms with Crippen LogP contribution in [0.25, 0.3) is 0 Å². The molecule has 0 amide bonds. The van der Waals surface area contributed by atoms with E-state index in [1.165, 1.54) is 7.11 Å². The summed E-state index contributed by atoms with van der Waals surface area (Å²) in [6.07, 6.45) is 2.28. The van der Waals surface area contributed by atoms with Crippen molar-refractivity contribution in [2.75, 3.05) is 27.2 Å². The van der Waals surface area contributed by atoms with Crippen molar-refractivity contribution < 1.29 is 9.47 Å². The molecule has 1 aromatic carbocycles. The van der Waals surface area contributed by atoms with Crippen molar-refractivity contribution in [3.8, 4) is 11.5 Å². The maximum atomic E-state index is 10.5. The molecular weight excluding hydrogens is 232 g/mol. The zero-order valence-electron chi connectivity index (χ0n) is 10.8. The van der Waals surface area contributed by atoms with E-state index in [1.807, 2.05) is 0 Å². The highest BCUT2D eigenvalue weighted by atomic mass is 16.5. The molecule has 5 nitrogen and oxygen atoms in total. The average molecular weight is 250 g/mol. The summed E-state index contributed by atoms with van der Waals surface area (Å²) in [7, 11) is 3.63. The SMILES string of the molecule is COc1cc(OC2CCN(C)CC2)ccc1N=O. The Balaban J connectivity index is 2.03. The van der Waals surface area contributed by atoms with E-state index in [1.54, 1.807) is 18.2 Å². The van der Waals surface area contributed by atoms with E-state index in [9.17, 15) is 4.91 Å². The third kappa shape index (κ3) is 2.98. The second-order valence-corrected chi connectivity index (χ2v) is 4.55. The number of nitrogens with zero attached hydrogens (tertiary/aromatic N) is 2. The minimum Gasteiger partial charge on any atom is -0.494 e. The number of benzene rings is 1. The summed E-state index contributed by atoms with van der Waals surface area (Å²) in [6, 6.07) is 5.10. The molecule has 0 aliphatic carbocycles. The highest BCUT2D eigenvalue weighted by Gasteiger charge is 2.18. The molecule has 0 spiro atoms. The number of piperidine rings is 1. The van der Waals surface area contributed by atoms with Crippen LogP contribution in [0.3, 0.4) is 0 Å². The Morgan fingerprint density at radius 3 is 2.67 bits per heavy atom. The van der Waals surface area contributed by atoms with Gasteiger partial charge in [0.2, 0.25) is 0 Å². The van der Waals surface area contributed by atoms with E-state index in [-0.39, 0.29) is 6.10 Å². The van der Waals surface area contributed by atoms with E-state index >= 15 is 0 Å². The van der Waals surface area contributed by atoms with Gasteiger partial charge in [0.15, 0.2) is 5.75 Å². The monoisotopic (exact) mass is 250 g/mol. The predicted octanol–water partition coefficient (Wildman–Crippen LogP) is 2.57. The molecule has 0 N–H and O–H groups in total. The van der Waals surface area contributed by atoms with Gasteiger partial charge in [0, 0.05) is 19.2 Å². The number of methoxy groups -OCH3 is 1. The fourth-order valence-corrected chi connectivity index (χ4v) is 2.10. The van der Waals surface area contributed by atoms with Crippen molar-refractivity contribution in [1.82, 2.24) is 4.90 Å². The van der Waals surface area contributed by atoms with Gasteiger partial charge < -0.3 is 14.4 Å². The Morgan fingerprint density at radius 2 is 2.06 bits per heavy atom. The largest absolute Gasteiger partial charge is 0.494 e. The summed E-state index contributed by atoms with van der Waals surface area (Å²) in [5, 5.41) is 2.90. The van der Waals surface area contributed by atoms with Crippen LogP contribution in [0.15, 0.2) is 23.4 Å². The minimum absolute atomic E-state index is 0.237. The molecule has 1 saturated heterocycles. The van der Waals surface area contributed by atoms with Gasteiger partial charge in [-0.05, 0) is 37.2 Å². The maximum Gasteiger partial charge on any atom is 0.151 e. The average Bonchev–Trinajstić information content (AvgIpc) is 2.41. The van der Waals surface area contributed by atoms with Crippen molar-refractivity contribution in [2.45, 2.75) is 18.9 Å². The molecule has 1 aromatic rings. The Hall–Kier alpha value is -1.62. The maximum absolute atomic E-state index is 10.5. The highest BCUT2D eigenvalue weighted by molar-refractivity contribution is 5.54. The van der Waals surface area contributed by atoms with Crippen LogP contribution in [0, 0.1) is 4.91 Å². The van der Waals surface area contributed by atoms with Crippen LogP contribution >= 0.6 is 0 Å². The first-order valence-corrected chi connectivity index (χ1v) is 6.09. The molecule has 0 radical (unpaired) electrons. The lowest BCUT2D eigenvalue weighted by Gasteiger charge is -2.29. The molecule has 0 atom stereocenters. The molecular formula is C13H18N2O3. The van der Waals surface area contributed by atoms with E-state index in [0.717, 1.165) is 31.7 Å². The van der Waals surface area contributed by atoms with E-state index < -0.39 is 0 Å². The lowest BCUT2D eigenvalue weighted by Crippen LogP contribution is -2.35. The van der Waals surface area contributed by atoms with Gasteiger partial charge in [0.1, 0.15) is 17.5 Å². The highest BCUT2D eigenvalue weighted by Crippen LogP contribution is 2.32. The topological polar surface area (TPSA) is 51.1 Å². The molecule has 0 saturated carbocycles. The number of hydrogen-bond acceptors (Lipinski definition) is 5. The van der Waals surface area contributed by atoms with Crippen LogP contribution in [-0.4, -0.2) is 38.3 Å². The van der Waals surface area contributed by atoms with Crippen LogP contribution in [0.2, 0.25) is 0 Å². The molecule has 2 rings (SSSR count).